The Morgan fingerprint density at radius 3 is 2.11 bits per heavy atom. The minimum Gasteiger partial charge on any atom is -0.443 e. The van der Waals surface area contributed by atoms with Crippen molar-refractivity contribution in [2.45, 2.75) is 64.4 Å². The molecule has 0 radical (unpaired) electrons. The molecule has 4 rings (SSSR count). The van der Waals surface area contributed by atoms with E-state index in [4.69, 9.17) is 14.2 Å². The maximum absolute atomic E-state index is 13.5. The van der Waals surface area contributed by atoms with Crippen LogP contribution in [0.1, 0.15) is 52.7 Å². The number of methoxy groups -OCH3 is 1. The second-order valence-corrected chi connectivity index (χ2v) is 11.3. The van der Waals surface area contributed by atoms with Crippen LogP contribution in [-0.2, 0) is 19.6 Å². The molecule has 2 heterocycles. The third kappa shape index (κ3) is 4.71. The molecule has 0 saturated carbocycles. The lowest BCUT2D eigenvalue weighted by atomic mass is 9.74. The Labute approximate surface area is 221 Å². The first kappa shape index (κ1) is 27.1. The van der Waals surface area contributed by atoms with Gasteiger partial charge in [0.25, 0.3) is 0 Å². The highest BCUT2D eigenvalue weighted by molar-refractivity contribution is 5.97. The number of fused-ring (bicyclic) bond motifs is 2. The summed E-state index contributed by atoms with van der Waals surface area (Å²) in [5.41, 5.74) is -1.12. The Morgan fingerprint density at radius 1 is 0.921 bits per heavy atom. The van der Waals surface area contributed by atoms with Gasteiger partial charge in [0.15, 0.2) is 6.23 Å². The van der Waals surface area contributed by atoms with Gasteiger partial charge < -0.3 is 14.2 Å². The Kier molecular flexibility index (Phi) is 6.73. The molecule has 202 valence electrons. The number of carbonyl (C=O) groups is 2. The van der Waals surface area contributed by atoms with E-state index < -0.39 is 46.5 Å². The maximum atomic E-state index is 13.5. The van der Waals surface area contributed by atoms with Crippen molar-refractivity contribution in [1.29, 1.82) is 0 Å². The molecule has 1 aliphatic rings. The molecule has 38 heavy (non-hydrogen) atoms. The summed E-state index contributed by atoms with van der Waals surface area (Å²) in [7, 11) is 1.40. The SMILES string of the molecule is CO[C@H]1N(C(=O)OC(C)(C)C)c2ccccc2[C@]1(C[N+](=O)[O-])c1cn(C(=O)OC(C)(C)C)c2ccccc12. The second-order valence-electron chi connectivity index (χ2n) is 11.3. The van der Waals surface area contributed by atoms with E-state index in [9.17, 15) is 19.7 Å². The van der Waals surface area contributed by atoms with Crippen LogP contribution >= 0.6 is 0 Å². The first-order valence-corrected chi connectivity index (χ1v) is 12.3. The van der Waals surface area contributed by atoms with Crippen molar-refractivity contribution in [3.8, 4) is 0 Å². The van der Waals surface area contributed by atoms with E-state index in [2.05, 4.69) is 0 Å². The number of hydrogen-bond donors (Lipinski definition) is 0. The summed E-state index contributed by atoms with van der Waals surface area (Å²) in [4.78, 5) is 39.9. The van der Waals surface area contributed by atoms with E-state index in [0.29, 0.717) is 27.7 Å². The van der Waals surface area contributed by atoms with Crippen LogP contribution in [0.25, 0.3) is 10.9 Å². The minimum atomic E-state index is -1.47. The number of benzene rings is 2. The predicted octanol–water partition coefficient (Wildman–Crippen LogP) is 5.71. The van der Waals surface area contributed by atoms with Gasteiger partial charge in [0, 0.05) is 29.2 Å². The van der Waals surface area contributed by atoms with Crippen LogP contribution in [0, 0.1) is 10.1 Å². The zero-order valence-corrected chi connectivity index (χ0v) is 22.7. The van der Waals surface area contributed by atoms with Crippen LogP contribution in [0.5, 0.6) is 0 Å². The average Bonchev–Trinajstić information content (AvgIpc) is 3.31. The largest absolute Gasteiger partial charge is 0.443 e. The molecular weight excluding hydrogens is 490 g/mol. The number of ether oxygens (including phenoxy) is 3. The predicted molar refractivity (Wildman–Crippen MR) is 142 cm³/mol. The molecule has 0 N–H and O–H groups in total. The highest BCUT2D eigenvalue weighted by Crippen LogP contribution is 2.52. The van der Waals surface area contributed by atoms with E-state index in [1.807, 2.05) is 0 Å². The van der Waals surface area contributed by atoms with Gasteiger partial charge in [-0.15, -0.1) is 0 Å². The number of rotatable bonds is 4. The average molecular weight is 524 g/mol. The van der Waals surface area contributed by atoms with Gasteiger partial charge >= 0.3 is 12.2 Å². The molecule has 1 aromatic heterocycles. The van der Waals surface area contributed by atoms with E-state index in [0.717, 1.165) is 0 Å². The maximum Gasteiger partial charge on any atom is 0.419 e. The summed E-state index contributed by atoms with van der Waals surface area (Å²) in [6.45, 7) is 9.91. The lowest BCUT2D eigenvalue weighted by molar-refractivity contribution is -0.491. The molecule has 0 bridgehead atoms. The summed E-state index contributed by atoms with van der Waals surface area (Å²) in [5.74, 6) is 0. The zero-order chi connectivity index (χ0) is 28.0. The fourth-order valence-corrected chi connectivity index (χ4v) is 5.08. The highest BCUT2D eigenvalue weighted by Gasteiger charge is 2.60. The van der Waals surface area contributed by atoms with Crippen LogP contribution in [0.15, 0.2) is 54.7 Å². The van der Waals surface area contributed by atoms with Gasteiger partial charge in [-0.3, -0.25) is 14.7 Å². The van der Waals surface area contributed by atoms with Crippen LogP contribution in [0.2, 0.25) is 0 Å². The molecule has 0 saturated heterocycles. The van der Waals surface area contributed by atoms with Crippen molar-refractivity contribution in [2.75, 3.05) is 18.6 Å². The molecule has 2 aromatic carbocycles. The van der Waals surface area contributed by atoms with Gasteiger partial charge in [-0.25, -0.2) is 14.5 Å². The van der Waals surface area contributed by atoms with Crippen molar-refractivity contribution in [1.82, 2.24) is 4.57 Å². The topological polar surface area (TPSA) is 113 Å². The highest BCUT2D eigenvalue weighted by atomic mass is 16.6. The molecule has 2 atom stereocenters. The summed E-state index contributed by atoms with van der Waals surface area (Å²) >= 11 is 0. The van der Waals surface area contributed by atoms with Crippen LogP contribution in [0.4, 0.5) is 15.3 Å². The van der Waals surface area contributed by atoms with Crippen molar-refractivity contribution in [3.63, 3.8) is 0 Å². The minimum absolute atomic E-state index is 0.430. The number of nitro groups is 1. The second kappa shape index (κ2) is 9.43. The lowest BCUT2D eigenvalue weighted by Gasteiger charge is -2.35. The number of para-hydroxylation sites is 2. The van der Waals surface area contributed by atoms with Gasteiger partial charge in [0.1, 0.15) is 16.6 Å². The quantitative estimate of drug-likeness (QED) is 0.318. The van der Waals surface area contributed by atoms with E-state index >= 15 is 0 Å². The van der Waals surface area contributed by atoms with Crippen LogP contribution in [0.3, 0.4) is 0 Å². The number of aromatic nitrogens is 1. The van der Waals surface area contributed by atoms with Crippen molar-refractivity contribution < 1.29 is 28.7 Å². The fourth-order valence-electron chi connectivity index (χ4n) is 5.08. The molecule has 10 heteroatoms. The van der Waals surface area contributed by atoms with E-state index in [-0.39, 0.29) is 0 Å². The van der Waals surface area contributed by atoms with E-state index in [1.165, 1.54) is 16.6 Å². The third-order valence-corrected chi connectivity index (χ3v) is 6.28. The van der Waals surface area contributed by atoms with Crippen molar-refractivity contribution >= 4 is 28.8 Å². The van der Waals surface area contributed by atoms with Gasteiger partial charge in [-0.05, 0) is 59.2 Å². The van der Waals surface area contributed by atoms with Gasteiger partial charge in [-0.1, -0.05) is 36.4 Å². The van der Waals surface area contributed by atoms with Gasteiger partial charge in [-0.2, -0.15) is 0 Å². The summed E-state index contributed by atoms with van der Waals surface area (Å²) in [6.07, 6.45) is -0.903. The Morgan fingerprint density at radius 2 is 1.50 bits per heavy atom. The molecule has 0 spiro atoms. The standard InChI is InChI=1S/C28H33N3O7/c1-26(2,3)37-24(32)29-16-20(18-12-8-10-14-21(18)29)28(17-30(34)35)19-13-9-11-15-22(19)31(23(28)36-7)25(33)38-27(4,5)6/h8-16,23H,17H2,1-7H3/t23-,28-/m1/s1. The number of nitrogens with zero attached hydrogens (tertiary/aromatic N) is 3. The molecule has 10 nitrogen and oxygen atoms in total. The van der Waals surface area contributed by atoms with Crippen molar-refractivity contribution in [2.24, 2.45) is 0 Å². The Balaban J connectivity index is 2.03. The molecule has 3 aromatic rings. The van der Waals surface area contributed by atoms with Gasteiger partial charge in [0.2, 0.25) is 6.54 Å². The lowest BCUT2D eigenvalue weighted by Crippen LogP contribution is -2.53. The monoisotopic (exact) mass is 523 g/mol. The smallest absolute Gasteiger partial charge is 0.419 e. The molecule has 1 aliphatic heterocycles. The normalized spacial score (nSPS) is 19.3. The van der Waals surface area contributed by atoms with Crippen LogP contribution < -0.4 is 4.90 Å². The Hall–Kier alpha value is -3.92. The molecule has 1 amide bonds. The number of amides is 1. The number of carbonyl (C=O) groups excluding carboxylic acids is 2. The fraction of sp³-hybridized carbons (Fsp3) is 0.429. The van der Waals surface area contributed by atoms with Crippen LogP contribution in [-0.4, -0.2) is 52.8 Å². The zero-order valence-electron chi connectivity index (χ0n) is 22.7. The van der Waals surface area contributed by atoms with E-state index in [1.54, 1.807) is 96.3 Å². The van der Waals surface area contributed by atoms with Gasteiger partial charge in [0.05, 0.1) is 11.2 Å². The molecular formula is C28H33N3O7. The summed E-state index contributed by atoms with van der Waals surface area (Å²) in [6, 6.07) is 14.1. The first-order chi connectivity index (χ1) is 17.7. The molecule has 0 fully saturated rings. The molecule has 0 unspecified atom stereocenters. The Bertz CT molecular complexity index is 1400. The molecule has 0 aliphatic carbocycles. The number of anilines is 1. The summed E-state index contributed by atoms with van der Waals surface area (Å²) in [5, 5.41) is 12.9. The summed E-state index contributed by atoms with van der Waals surface area (Å²) < 4.78 is 18.6. The number of hydrogen-bond acceptors (Lipinski definition) is 7. The first-order valence-electron chi connectivity index (χ1n) is 12.3. The third-order valence-electron chi connectivity index (χ3n) is 6.28. The van der Waals surface area contributed by atoms with Crippen molar-refractivity contribution in [3.05, 3.63) is 76.0 Å².